The van der Waals surface area contributed by atoms with Crippen LogP contribution < -0.4 is 0 Å². The molecule has 0 aromatic heterocycles. The van der Waals surface area contributed by atoms with Crippen molar-refractivity contribution in [1.82, 2.24) is 4.31 Å². The van der Waals surface area contributed by atoms with Gasteiger partial charge in [0.05, 0.1) is 5.25 Å². The van der Waals surface area contributed by atoms with Crippen LogP contribution in [-0.2, 0) is 14.8 Å². The molecule has 1 rings (SSSR count). The van der Waals surface area contributed by atoms with Gasteiger partial charge in [-0.15, -0.1) is 0 Å². The molecule has 0 radical (unpaired) electrons. The summed E-state index contributed by atoms with van der Waals surface area (Å²) >= 11 is 0. The average molecular weight is 221 g/mol. The molecule has 0 aromatic carbocycles. The van der Waals surface area contributed by atoms with Crippen LogP contribution in [0.15, 0.2) is 0 Å². The van der Waals surface area contributed by atoms with Crippen LogP contribution in [0, 0.1) is 0 Å². The van der Waals surface area contributed by atoms with Gasteiger partial charge in [0.15, 0.2) is 0 Å². The van der Waals surface area contributed by atoms with E-state index in [2.05, 4.69) is 0 Å². The van der Waals surface area contributed by atoms with Crippen LogP contribution >= 0.6 is 0 Å². The van der Waals surface area contributed by atoms with Crippen molar-refractivity contribution in [2.45, 2.75) is 31.4 Å². The first-order valence-corrected chi connectivity index (χ1v) is 6.19. The number of nitrogens with zero attached hydrogens (tertiary/aromatic N) is 1. The van der Waals surface area contributed by atoms with Gasteiger partial charge in [-0.05, 0) is 19.3 Å². The van der Waals surface area contributed by atoms with Crippen molar-refractivity contribution in [2.75, 3.05) is 13.1 Å². The number of carbonyl (C=O) groups is 1. The molecule has 6 heteroatoms. The van der Waals surface area contributed by atoms with Crippen LogP contribution in [0.1, 0.15) is 26.2 Å². The van der Waals surface area contributed by atoms with E-state index < -0.39 is 22.5 Å². The molecule has 0 aliphatic heterocycles. The predicted molar refractivity (Wildman–Crippen MR) is 51.4 cm³/mol. The van der Waals surface area contributed by atoms with E-state index in [-0.39, 0.29) is 5.25 Å². The van der Waals surface area contributed by atoms with Gasteiger partial charge in [-0.1, -0.05) is 6.92 Å². The van der Waals surface area contributed by atoms with Crippen LogP contribution in [0.25, 0.3) is 0 Å². The standard InChI is InChI=1S/C8H15NO4S/c1-2-5-9(6-8(10)11)14(12,13)7-3-4-7/h7H,2-6H2,1H3,(H,10,11). The maximum Gasteiger partial charge on any atom is 0.318 e. The molecular weight excluding hydrogens is 206 g/mol. The highest BCUT2D eigenvalue weighted by Crippen LogP contribution is 2.30. The lowest BCUT2D eigenvalue weighted by Crippen LogP contribution is -2.38. The van der Waals surface area contributed by atoms with Crippen molar-refractivity contribution in [3.05, 3.63) is 0 Å². The van der Waals surface area contributed by atoms with Crippen LogP contribution in [0.5, 0.6) is 0 Å². The first-order chi connectivity index (χ1) is 6.48. The monoisotopic (exact) mass is 221 g/mol. The van der Waals surface area contributed by atoms with E-state index in [9.17, 15) is 13.2 Å². The molecule has 0 bridgehead atoms. The fraction of sp³-hybridized carbons (Fsp3) is 0.875. The maximum atomic E-state index is 11.7. The third-order valence-corrected chi connectivity index (χ3v) is 4.44. The van der Waals surface area contributed by atoms with E-state index in [1.54, 1.807) is 0 Å². The summed E-state index contributed by atoms with van der Waals surface area (Å²) < 4.78 is 24.4. The number of rotatable bonds is 6. The number of sulfonamides is 1. The number of hydrogen-bond donors (Lipinski definition) is 1. The van der Waals surface area contributed by atoms with Crippen LogP contribution in [0.3, 0.4) is 0 Å². The summed E-state index contributed by atoms with van der Waals surface area (Å²) in [5.41, 5.74) is 0. The molecule has 0 unspecified atom stereocenters. The zero-order chi connectivity index (χ0) is 10.8. The van der Waals surface area contributed by atoms with E-state index in [0.717, 1.165) is 4.31 Å². The van der Waals surface area contributed by atoms with Gasteiger partial charge in [-0.25, -0.2) is 8.42 Å². The summed E-state index contributed by atoms with van der Waals surface area (Å²) in [6, 6.07) is 0. The second-order valence-corrected chi connectivity index (χ2v) is 5.68. The topological polar surface area (TPSA) is 74.7 Å². The Morgan fingerprint density at radius 3 is 2.43 bits per heavy atom. The lowest BCUT2D eigenvalue weighted by atomic mass is 10.5. The molecule has 0 amide bonds. The smallest absolute Gasteiger partial charge is 0.318 e. The summed E-state index contributed by atoms with van der Waals surface area (Å²) in [4.78, 5) is 10.5. The van der Waals surface area contributed by atoms with Crippen LogP contribution in [0.2, 0.25) is 0 Å². The quantitative estimate of drug-likeness (QED) is 0.699. The van der Waals surface area contributed by atoms with E-state index in [4.69, 9.17) is 5.11 Å². The van der Waals surface area contributed by atoms with Crippen LogP contribution in [0.4, 0.5) is 0 Å². The molecule has 82 valence electrons. The lowest BCUT2D eigenvalue weighted by Gasteiger charge is -2.18. The van der Waals surface area contributed by atoms with Gasteiger partial charge >= 0.3 is 5.97 Å². The minimum atomic E-state index is -3.33. The third-order valence-electron chi connectivity index (χ3n) is 2.09. The van der Waals surface area contributed by atoms with Crippen molar-refractivity contribution in [1.29, 1.82) is 0 Å². The zero-order valence-electron chi connectivity index (χ0n) is 8.14. The molecule has 0 saturated heterocycles. The highest BCUT2D eigenvalue weighted by atomic mass is 32.2. The molecule has 14 heavy (non-hydrogen) atoms. The van der Waals surface area contributed by atoms with Crippen molar-refractivity contribution >= 4 is 16.0 Å². The van der Waals surface area contributed by atoms with Gasteiger partial charge in [0.2, 0.25) is 10.0 Å². The van der Waals surface area contributed by atoms with Crippen molar-refractivity contribution in [3.63, 3.8) is 0 Å². The largest absolute Gasteiger partial charge is 0.480 e. The van der Waals surface area contributed by atoms with Crippen molar-refractivity contribution < 1.29 is 18.3 Å². The van der Waals surface area contributed by atoms with E-state index in [1.807, 2.05) is 6.92 Å². The number of aliphatic carboxylic acids is 1. The molecule has 1 aliphatic carbocycles. The third kappa shape index (κ3) is 2.68. The molecule has 0 heterocycles. The molecule has 0 aromatic rings. The summed E-state index contributed by atoms with van der Waals surface area (Å²) in [7, 11) is -3.33. The normalized spacial score (nSPS) is 17.3. The lowest BCUT2D eigenvalue weighted by molar-refractivity contribution is -0.137. The molecule has 1 aliphatic rings. The predicted octanol–water partition coefficient (Wildman–Crippen LogP) is 0.275. The molecule has 0 spiro atoms. The Kier molecular flexibility index (Phi) is 3.49. The second kappa shape index (κ2) is 4.27. The van der Waals surface area contributed by atoms with Crippen LogP contribution in [-0.4, -0.2) is 42.1 Å². The summed E-state index contributed by atoms with van der Waals surface area (Å²) in [6.45, 7) is 1.72. The van der Waals surface area contributed by atoms with Gasteiger partial charge in [-0.2, -0.15) is 4.31 Å². The van der Waals surface area contributed by atoms with Crippen molar-refractivity contribution in [3.8, 4) is 0 Å². The Balaban J connectivity index is 2.70. The van der Waals surface area contributed by atoms with Gasteiger partial charge in [0.25, 0.3) is 0 Å². The fourth-order valence-corrected chi connectivity index (χ4v) is 3.15. The van der Waals surface area contributed by atoms with E-state index in [0.29, 0.717) is 25.8 Å². The van der Waals surface area contributed by atoms with E-state index in [1.165, 1.54) is 0 Å². The number of carboxylic acids is 1. The Labute approximate surface area is 83.8 Å². The highest BCUT2D eigenvalue weighted by Gasteiger charge is 2.40. The SMILES string of the molecule is CCCN(CC(=O)O)S(=O)(=O)C1CC1. The zero-order valence-corrected chi connectivity index (χ0v) is 8.96. The molecule has 1 saturated carbocycles. The maximum absolute atomic E-state index is 11.7. The minimum Gasteiger partial charge on any atom is -0.480 e. The van der Waals surface area contributed by atoms with E-state index >= 15 is 0 Å². The Morgan fingerprint density at radius 2 is 2.07 bits per heavy atom. The van der Waals surface area contributed by atoms with Crippen molar-refractivity contribution in [2.24, 2.45) is 0 Å². The Bertz CT molecular complexity index is 307. The molecule has 0 atom stereocenters. The van der Waals surface area contributed by atoms with Gasteiger partial charge in [-0.3, -0.25) is 4.79 Å². The first kappa shape index (κ1) is 11.5. The summed E-state index contributed by atoms with van der Waals surface area (Å²) in [5, 5.41) is 8.24. The van der Waals surface area contributed by atoms with Gasteiger partial charge in [0, 0.05) is 6.54 Å². The van der Waals surface area contributed by atoms with Gasteiger partial charge in [0.1, 0.15) is 6.54 Å². The Hall–Kier alpha value is -0.620. The summed E-state index contributed by atoms with van der Waals surface area (Å²) in [6.07, 6.45) is 1.98. The number of carboxylic acid groups (broad SMARTS) is 1. The summed E-state index contributed by atoms with van der Waals surface area (Å²) in [5.74, 6) is -1.09. The molecule has 1 fully saturated rings. The molecular formula is C8H15NO4S. The average Bonchev–Trinajstić information content (AvgIpc) is 2.84. The molecule has 1 N–H and O–H groups in total. The molecule has 5 nitrogen and oxygen atoms in total. The first-order valence-electron chi connectivity index (χ1n) is 4.69. The fourth-order valence-electron chi connectivity index (χ4n) is 1.27. The highest BCUT2D eigenvalue weighted by molar-refractivity contribution is 7.90. The van der Waals surface area contributed by atoms with Gasteiger partial charge < -0.3 is 5.11 Å². The number of hydrogen-bond acceptors (Lipinski definition) is 3. The minimum absolute atomic E-state index is 0.297. The second-order valence-electron chi connectivity index (χ2n) is 3.47. The Morgan fingerprint density at radius 1 is 1.50 bits per heavy atom.